The Hall–Kier alpha value is -4.04. The van der Waals surface area contributed by atoms with Crippen molar-refractivity contribution in [2.24, 2.45) is 5.10 Å². The molecule has 1 aliphatic heterocycles. The predicted octanol–water partition coefficient (Wildman–Crippen LogP) is 4.61. The summed E-state index contributed by atoms with van der Waals surface area (Å²) in [4.78, 5) is 28.2. The molecule has 0 unspecified atom stereocenters. The molecule has 8 heteroatoms. The summed E-state index contributed by atoms with van der Waals surface area (Å²) >= 11 is 0. The van der Waals surface area contributed by atoms with E-state index >= 15 is 0 Å². The second kappa shape index (κ2) is 11.8. The van der Waals surface area contributed by atoms with E-state index in [1.807, 2.05) is 55.5 Å². The summed E-state index contributed by atoms with van der Waals surface area (Å²) < 4.78 is 24.2. The van der Waals surface area contributed by atoms with Crippen LogP contribution in [0, 0.1) is 12.7 Å². The van der Waals surface area contributed by atoms with Gasteiger partial charge >= 0.3 is 0 Å². The number of rotatable bonds is 9. The van der Waals surface area contributed by atoms with Gasteiger partial charge in [0.25, 0.3) is 11.8 Å². The fourth-order valence-corrected chi connectivity index (χ4v) is 4.24. The standard InChI is InChI=1S/C29H30FN3O4/c1-20-7-9-22(10-8-20)27-18-26(21-11-13-25(37-3)14-12-21)31-33(27)28(34)19-32(15-16-36-2)29(35)23-5-4-6-24(30)17-23/h4-14,17,27H,15-16,18-19H2,1-3H3/t27-/m1/s1. The zero-order valence-electron chi connectivity index (χ0n) is 21.2. The zero-order chi connectivity index (χ0) is 26.4. The van der Waals surface area contributed by atoms with Crippen LogP contribution in [0.4, 0.5) is 4.39 Å². The van der Waals surface area contributed by atoms with Crippen molar-refractivity contribution in [1.29, 1.82) is 0 Å². The van der Waals surface area contributed by atoms with E-state index in [0.717, 1.165) is 34.2 Å². The molecule has 2 amide bonds. The smallest absolute Gasteiger partial charge is 0.262 e. The highest BCUT2D eigenvalue weighted by Gasteiger charge is 2.34. The summed E-state index contributed by atoms with van der Waals surface area (Å²) in [5.41, 5.74) is 3.89. The molecule has 3 aromatic rings. The van der Waals surface area contributed by atoms with Crippen LogP contribution in [0.15, 0.2) is 77.9 Å². The molecule has 7 nitrogen and oxygen atoms in total. The molecule has 0 N–H and O–H groups in total. The second-order valence-electron chi connectivity index (χ2n) is 8.87. The van der Waals surface area contributed by atoms with Crippen molar-refractivity contribution in [3.63, 3.8) is 0 Å². The van der Waals surface area contributed by atoms with E-state index < -0.39 is 11.7 Å². The van der Waals surface area contributed by atoms with E-state index in [2.05, 4.69) is 0 Å². The molecule has 1 aliphatic rings. The quantitative estimate of drug-likeness (QED) is 0.428. The molecule has 1 heterocycles. The molecule has 0 bridgehead atoms. The number of halogens is 1. The first kappa shape index (κ1) is 26.0. The first-order chi connectivity index (χ1) is 17.9. The number of aryl methyl sites for hydroxylation is 1. The molecular formula is C29H30FN3O4. The van der Waals surface area contributed by atoms with Gasteiger partial charge in [-0.2, -0.15) is 5.10 Å². The van der Waals surface area contributed by atoms with Gasteiger partial charge in [-0.1, -0.05) is 35.9 Å². The van der Waals surface area contributed by atoms with Crippen LogP contribution in [0.3, 0.4) is 0 Å². The fourth-order valence-electron chi connectivity index (χ4n) is 4.24. The van der Waals surface area contributed by atoms with Crippen molar-refractivity contribution >= 4 is 17.5 Å². The van der Waals surface area contributed by atoms with Crippen molar-refractivity contribution in [1.82, 2.24) is 9.91 Å². The van der Waals surface area contributed by atoms with Crippen molar-refractivity contribution in [2.75, 3.05) is 33.9 Å². The van der Waals surface area contributed by atoms with E-state index in [9.17, 15) is 14.0 Å². The van der Waals surface area contributed by atoms with Crippen LogP contribution < -0.4 is 4.74 Å². The van der Waals surface area contributed by atoms with Crippen molar-refractivity contribution in [2.45, 2.75) is 19.4 Å². The van der Waals surface area contributed by atoms with Crippen LogP contribution in [0.2, 0.25) is 0 Å². The minimum absolute atomic E-state index is 0.169. The fraction of sp³-hybridized carbons (Fsp3) is 0.276. The van der Waals surface area contributed by atoms with E-state index in [1.165, 1.54) is 35.2 Å². The molecule has 3 aromatic carbocycles. The van der Waals surface area contributed by atoms with Gasteiger partial charge in [0.15, 0.2) is 0 Å². The third-order valence-corrected chi connectivity index (χ3v) is 6.30. The van der Waals surface area contributed by atoms with Crippen LogP contribution in [-0.4, -0.2) is 61.4 Å². The number of hydrazone groups is 1. The summed E-state index contributed by atoms with van der Waals surface area (Å²) in [6.07, 6.45) is 0.525. The third kappa shape index (κ3) is 6.21. The lowest BCUT2D eigenvalue weighted by atomic mass is 9.97. The van der Waals surface area contributed by atoms with Gasteiger partial charge in [0.05, 0.1) is 25.5 Å². The first-order valence-corrected chi connectivity index (χ1v) is 12.0. The maximum Gasteiger partial charge on any atom is 0.262 e. The summed E-state index contributed by atoms with van der Waals surface area (Å²) in [7, 11) is 3.13. The molecular weight excluding hydrogens is 473 g/mol. The lowest BCUT2D eigenvalue weighted by molar-refractivity contribution is -0.133. The number of amides is 2. The van der Waals surface area contributed by atoms with Crippen LogP contribution >= 0.6 is 0 Å². The van der Waals surface area contributed by atoms with Gasteiger partial charge in [-0.05, 0) is 60.5 Å². The molecule has 0 aromatic heterocycles. The molecule has 0 fully saturated rings. The van der Waals surface area contributed by atoms with Gasteiger partial charge < -0.3 is 14.4 Å². The number of hydrogen-bond donors (Lipinski definition) is 0. The number of methoxy groups -OCH3 is 2. The Balaban J connectivity index is 1.62. The van der Waals surface area contributed by atoms with Crippen LogP contribution in [-0.2, 0) is 9.53 Å². The average Bonchev–Trinajstić information content (AvgIpc) is 3.36. The summed E-state index contributed by atoms with van der Waals surface area (Å²) in [5, 5.41) is 6.17. The molecule has 192 valence electrons. The SMILES string of the molecule is COCCN(CC(=O)N1N=C(c2ccc(OC)cc2)C[C@@H]1c1ccc(C)cc1)C(=O)c1cccc(F)c1. The Bertz CT molecular complexity index is 1280. The van der Waals surface area contributed by atoms with E-state index in [0.29, 0.717) is 6.42 Å². The minimum Gasteiger partial charge on any atom is -0.497 e. The number of ether oxygens (including phenoxy) is 2. The van der Waals surface area contributed by atoms with Gasteiger partial charge in [0.2, 0.25) is 0 Å². The monoisotopic (exact) mass is 503 g/mol. The first-order valence-electron chi connectivity index (χ1n) is 12.0. The third-order valence-electron chi connectivity index (χ3n) is 6.30. The van der Waals surface area contributed by atoms with Crippen LogP contribution in [0.25, 0.3) is 0 Å². The largest absolute Gasteiger partial charge is 0.497 e. The Morgan fingerprint density at radius 2 is 1.78 bits per heavy atom. The summed E-state index contributed by atoms with van der Waals surface area (Å²) in [5.74, 6) is -0.572. The van der Waals surface area contributed by atoms with Gasteiger partial charge in [-0.25, -0.2) is 9.40 Å². The lowest BCUT2D eigenvalue weighted by Crippen LogP contribution is -2.42. The summed E-state index contributed by atoms with van der Waals surface area (Å²) in [6, 6.07) is 20.6. The molecule has 0 spiro atoms. The van der Waals surface area contributed by atoms with Crippen molar-refractivity contribution in [3.8, 4) is 5.75 Å². The maximum atomic E-state index is 13.8. The Morgan fingerprint density at radius 1 is 1.05 bits per heavy atom. The Labute approximate surface area is 216 Å². The number of benzene rings is 3. The molecule has 0 aliphatic carbocycles. The predicted molar refractivity (Wildman–Crippen MR) is 139 cm³/mol. The maximum absolute atomic E-state index is 13.8. The topological polar surface area (TPSA) is 71.4 Å². The van der Waals surface area contributed by atoms with E-state index in [1.54, 1.807) is 7.11 Å². The van der Waals surface area contributed by atoms with Gasteiger partial charge in [-0.15, -0.1) is 0 Å². The van der Waals surface area contributed by atoms with E-state index in [4.69, 9.17) is 14.6 Å². The number of carbonyl (C=O) groups excluding carboxylic acids is 2. The molecule has 0 saturated carbocycles. The highest BCUT2D eigenvalue weighted by Crippen LogP contribution is 2.33. The van der Waals surface area contributed by atoms with Crippen LogP contribution in [0.5, 0.6) is 5.75 Å². The lowest BCUT2D eigenvalue weighted by Gasteiger charge is -2.27. The second-order valence-corrected chi connectivity index (χ2v) is 8.87. The van der Waals surface area contributed by atoms with E-state index in [-0.39, 0.29) is 37.2 Å². The highest BCUT2D eigenvalue weighted by atomic mass is 19.1. The molecule has 0 radical (unpaired) electrons. The zero-order valence-corrected chi connectivity index (χ0v) is 21.2. The molecule has 1 atom stereocenters. The van der Waals surface area contributed by atoms with Crippen molar-refractivity contribution < 1.29 is 23.5 Å². The normalized spacial score (nSPS) is 14.9. The molecule has 37 heavy (non-hydrogen) atoms. The summed E-state index contributed by atoms with van der Waals surface area (Å²) in [6.45, 7) is 2.19. The van der Waals surface area contributed by atoms with Gasteiger partial charge in [-0.3, -0.25) is 9.59 Å². The number of carbonyl (C=O) groups is 2. The highest BCUT2D eigenvalue weighted by molar-refractivity contribution is 6.03. The number of nitrogens with zero attached hydrogens (tertiary/aromatic N) is 3. The molecule has 4 rings (SSSR count). The minimum atomic E-state index is -0.517. The molecule has 0 saturated heterocycles. The number of hydrogen-bond acceptors (Lipinski definition) is 5. The Kier molecular flexibility index (Phi) is 8.30. The van der Waals surface area contributed by atoms with Gasteiger partial charge in [0, 0.05) is 25.6 Å². The van der Waals surface area contributed by atoms with Crippen molar-refractivity contribution in [3.05, 3.63) is 101 Å². The Morgan fingerprint density at radius 3 is 2.43 bits per heavy atom. The van der Waals surface area contributed by atoms with Gasteiger partial charge in [0.1, 0.15) is 18.1 Å². The van der Waals surface area contributed by atoms with Crippen LogP contribution in [0.1, 0.15) is 39.5 Å². The average molecular weight is 504 g/mol.